The average molecular weight is 600 g/mol. The Morgan fingerprint density at radius 1 is 1.17 bits per heavy atom. The van der Waals surface area contributed by atoms with Gasteiger partial charge >= 0.3 is 5.97 Å². The normalized spacial score (nSPS) is 12.4. The molecule has 0 aliphatic carbocycles. The Bertz CT molecular complexity index is 1050. The minimum absolute atomic E-state index is 0.0898. The standard InChI is InChI=1S/C21H19BrIN3O3S/c1-21(2,23)17-8-7-16(30-17)19(27)26-15(20(28)29)9-12-3-5-13(6-4-12)18-24-10-14(22)11-25-18/h3-8,10-11,15H,9H2,1-2H3,(H,26,27)(H,28,29)/t15-/m0/s1. The van der Waals surface area contributed by atoms with Gasteiger partial charge in [-0.2, -0.15) is 0 Å². The van der Waals surface area contributed by atoms with Crippen LogP contribution in [0.2, 0.25) is 0 Å². The fourth-order valence-electron chi connectivity index (χ4n) is 2.70. The van der Waals surface area contributed by atoms with Gasteiger partial charge < -0.3 is 10.4 Å². The minimum atomic E-state index is -1.07. The first-order valence-electron chi connectivity index (χ1n) is 9.03. The van der Waals surface area contributed by atoms with E-state index in [1.165, 1.54) is 11.3 Å². The Balaban J connectivity index is 1.69. The first-order valence-corrected chi connectivity index (χ1v) is 11.7. The molecule has 0 saturated carbocycles. The molecule has 2 N–H and O–H groups in total. The maximum atomic E-state index is 12.6. The van der Waals surface area contributed by atoms with Crippen molar-refractivity contribution in [2.75, 3.05) is 0 Å². The number of carboxylic acid groups (broad SMARTS) is 1. The molecule has 2 heterocycles. The molecule has 1 amide bonds. The number of benzene rings is 1. The Kier molecular flexibility index (Phi) is 7.25. The summed E-state index contributed by atoms with van der Waals surface area (Å²) in [5.41, 5.74) is 1.62. The summed E-state index contributed by atoms with van der Waals surface area (Å²) >= 11 is 6.99. The predicted octanol–water partition coefficient (Wildman–Crippen LogP) is 5.06. The molecule has 6 nitrogen and oxygen atoms in total. The molecule has 0 bridgehead atoms. The summed E-state index contributed by atoms with van der Waals surface area (Å²) in [6, 6.07) is 9.95. The van der Waals surface area contributed by atoms with Crippen molar-refractivity contribution < 1.29 is 14.7 Å². The number of carbonyl (C=O) groups excluding carboxylic acids is 1. The zero-order valence-electron chi connectivity index (χ0n) is 16.2. The van der Waals surface area contributed by atoms with Crippen molar-refractivity contribution in [1.29, 1.82) is 0 Å². The molecule has 0 unspecified atom stereocenters. The second-order valence-corrected chi connectivity index (χ2v) is 11.8. The van der Waals surface area contributed by atoms with Gasteiger partial charge in [-0.15, -0.1) is 11.3 Å². The molecule has 2 aromatic heterocycles. The fraction of sp³-hybridized carbons (Fsp3) is 0.238. The Labute approximate surface area is 200 Å². The van der Waals surface area contributed by atoms with Crippen LogP contribution in [0.4, 0.5) is 0 Å². The number of thiophene rings is 1. The molecule has 30 heavy (non-hydrogen) atoms. The summed E-state index contributed by atoms with van der Waals surface area (Å²) in [5, 5.41) is 12.2. The molecule has 0 aliphatic heterocycles. The first-order chi connectivity index (χ1) is 14.1. The highest BCUT2D eigenvalue weighted by atomic mass is 127. The van der Waals surface area contributed by atoms with Crippen molar-refractivity contribution in [3.8, 4) is 11.4 Å². The second kappa shape index (κ2) is 9.52. The number of aliphatic carboxylic acids is 1. The fourth-order valence-corrected chi connectivity index (χ4v) is 4.31. The van der Waals surface area contributed by atoms with Gasteiger partial charge in [0.25, 0.3) is 5.91 Å². The summed E-state index contributed by atoms with van der Waals surface area (Å²) in [4.78, 5) is 34.4. The third kappa shape index (κ3) is 5.86. The van der Waals surface area contributed by atoms with E-state index in [0.29, 0.717) is 10.7 Å². The van der Waals surface area contributed by atoms with Crippen LogP contribution in [-0.4, -0.2) is 33.0 Å². The first kappa shape index (κ1) is 22.8. The highest BCUT2D eigenvalue weighted by Gasteiger charge is 2.24. The Morgan fingerprint density at radius 3 is 2.33 bits per heavy atom. The lowest BCUT2D eigenvalue weighted by atomic mass is 10.0. The largest absolute Gasteiger partial charge is 0.480 e. The lowest BCUT2D eigenvalue weighted by Crippen LogP contribution is -2.42. The number of carboxylic acids is 1. The van der Waals surface area contributed by atoms with Gasteiger partial charge in [0.2, 0.25) is 0 Å². The molecular weight excluding hydrogens is 581 g/mol. The molecule has 0 fully saturated rings. The maximum absolute atomic E-state index is 12.6. The number of nitrogens with zero attached hydrogens (tertiary/aromatic N) is 2. The summed E-state index contributed by atoms with van der Waals surface area (Å²) < 4.78 is 0.704. The summed E-state index contributed by atoms with van der Waals surface area (Å²) in [5.74, 6) is -0.867. The van der Waals surface area contributed by atoms with E-state index in [2.05, 4.69) is 67.7 Å². The van der Waals surface area contributed by atoms with Crippen LogP contribution in [0.1, 0.15) is 34.0 Å². The van der Waals surface area contributed by atoms with E-state index in [9.17, 15) is 14.7 Å². The number of hydrogen-bond acceptors (Lipinski definition) is 5. The SMILES string of the molecule is CC(C)(I)c1ccc(C(=O)N[C@@H](Cc2ccc(-c3ncc(Br)cn3)cc2)C(=O)O)s1. The van der Waals surface area contributed by atoms with E-state index in [1.807, 2.05) is 30.3 Å². The van der Waals surface area contributed by atoms with Crippen molar-refractivity contribution in [2.45, 2.75) is 29.7 Å². The summed E-state index contributed by atoms with van der Waals surface area (Å²) in [6.07, 6.45) is 3.52. The smallest absolute Gasteiger partial charge is 0.326 e. The van der Waals surface area contributed by atoms with Crippen LogP contribution < -0.4 is 5.32 Å². The molecule has 3 aromatic rings. The molecule has 1 aromatic carbocycles. The van der Waals surface area contributed by atoms with Gasteiger partial charge in [-0.25, -0.2) is 14.8 Å². The van der Waals surface area contributed by atoms with Gasteiger partial charge in [0.15, 0.2) is 5.82 Å². The third-order valence-corrected chi connectivity index (χ3v) is 7.06. The van der Waals surface area contributed by atoms with Gasteiger partial charge in [-0.1, -0.05) is 46.9 Å². The second-order valence-electron chi connectivity index (χ2n) is 7.13. The maximum Gasteiger partial charge on any atom is 0.326 e. The van der Waals surface area contributed by atoms with Crippen LogP contribution in [0.15, 0.2) is 53.3 Å². The highest BCUT2D eigenvalue weighted by Crippen LogP contribution is 2.35. The molecular formula is C21H19BrIN3O3S. The topological polar surface area (TPSA) is 92.2 Å². The average Bonchev–Trinajstić information content (AvgIpc) is 3.19. The van der Waals surface area contributed by atoms with Crippen LogP contribution in [0.3, 0.4) is 0 Å². The van der Waals surface area contributed by atoms with Crippen molar-refractivity contribution in [2.24, 2.45) is 0 Å². The van der Waals surface area contributed by atoms with Gasteiger partial charge in [-0.05, 0) is 47.5 Å². The molecule has 3 rings (SSSR count). The van der Waals surface area contributed by atoms with Gasteiger partial charge in [-0.3, -0.25) is 4.79 Å². The molecule has 0 aliphatic rings. The molecule has 1 atom stereocenters. The zero-order valence-corrected chi connectivity index (χ0v) is 20.8. The Hall–Kier alpha value is -1.85. The molecule has 156 valence electrons. The van der Waals surface area contributed by atoms with Gasteiger partial charge in [0, 0.05) is 29.3 Å². The van der Waals surface area contributed by atoms with E-state index in [0.717, 1.165) is 20.5 Å². The number of aromatic nitrogens is 2. The lowest BCUT2D eigenvalue weighted by Gasteiger charge is -2.15. The van der Waals surface area contributed by atoms with Crippen LogP contribution >= 0.6 is 49.9 Å². The van der Waals surface area contributed by atoms with Crippen molar-refractivity contribution >= 4 is 61.7 Å². The lowest BCUT2D eigenvalue weighted by molar-refractivity contribution is -0.139. The van der Waals surface area contributed by atoms with Crippen LogP contribution in [-0.2, 0) is 14.6 Å². The van der Waals surface area contributed by atoms with Crippen molar-refractivity contribution in [1.82, 2.24) is 15.3 Å². The van der Waals surface area contributed by atoms with E-state index in [1.54, 1.807) is 18.5 Å². The van der Waals surface area contributed by atoms with Crippen molar-refractivity contribution in [3.05, 3.63) is 68.6 Å². The zero-order chi connectivity index (χ0) is 21.9. The monoisotopic (exact) mass is 599 g/mol. The number of rotatable bonds is 7. The molecule has 9 heteroatoms. The number of nitrogens with one attached hydrogen (secondary N) is 1. The highest BCUT2D eigenvalue weighted by molar-refractivity contribution is 14.1. The number of amides is 1. The van der Waals surface area contributed by atoms with Gasteiger partial charge in [0.05, 0.1) is 12.8 Å². The minimum Gasteiger partial charge on any atom is -0.480 e. The van der Waals surface area contributed by atoms with E-state index in [4.69, 9.17) is 0 Å². The van der Waals surface area contributed by atoms with E-state index >= 15 is 0 Å². The summed E-state index contributed by atoms with van der Waals surface area (Å²) in [6.45, 7) is 4.12. The Morgan fingerprint density at radius 2 is 1.80 bits per heavy atom. The third-order valence-electron chi connectivity index (χ3n) is 4.29. The van der Waals surface area contributed by atoms with Gasteiger partial charge in [0.1, 0.15) is 6.04 Å². The number of carbonyl (C=O) groups is 2. The van der Waals surface area contributed by atoms with E-state index < -0.39 is 12.0 Å². The van der Waals surface area contributed by atoms with E-state index in [-0.39, 0.29) is 15.7 Å². The van der Waals surface area contributed by atoms with Crippen LogP contribution in [0.25, 0.3) is 11.4 Å². The quantitative estimate of drug-likeness (QED) is 0.292. The molecule has 0 saturated heterocycles. The number of halogens is 2. The number of hydrogen-bond donors (Lipinski definition) is 2. The van der Waals surface area contributed by atoms with Crippen molar-refractivity contribution in [3.63, 3.8) is 0 Å². The summed E-state index contributed by atoms with van der Waals surface area (Å²) in [7, 11) is 0. The number of alkyl halides is 1. The molecule has 0 radical (unpaired) electrons. The van der Waals surface area contributed by atoms with Crippen LogP contribution in [0.5, 0.6) is 0 Å². The van der Waals surface area contributed by atoms with Crippen LogP contribution in [0, 0.1) is 0 Å². The predicted molar refractivity (Wildman–Crippen MR) is 129 cm³/mol. The molecule has 0 spiro atoms.